The van der Waals surface area contributed by atoms with Gasteiger partial charge >= 0.3 is 11.9 Å². The highest BCUT2D eigenvalue weighted by atomic mass is 19.4. The van der Waals surface area contributed by atoms with Gasteiger partial charge in [0.05, 0.1) is 0 Å². The maximum Gasteiger partial charge on any atom is 0.451 e. The highest BCUT2D eigenvalue weighted by molar-refractivity contribution is 5.90. The van der Waals surface area contributed by atoms with Gasteiger partial charge in [-0.2, -0.15) is 13.2 Å². The molecule has 0 radical (unpaired) electrons. The van der Waals surface area contributed by atoms with E-state index in [4.69, 9.17) is 9.47 Å². The van der Waals surface area contributed by atoms with Crippen molar-refractivity contribution in [2.24, 2.45) is 7.05 Å². The van der Waals surface area contributed by atoms with E-state index in [2.05, 4.69) is 10.4 Å². The molecule has 0 saturated carbocycles. The van der Waals surface area contributed by atoms with Gasteiger partial charge in [0.2, 0.25) is 18.5 Å². The Bertz CT molecular complexity index is 856. The van der Waals surface area contributed by atoms with Crippen LogP contribution in [0.2, 0.25) is 0 Å². The SMILES string of the molecule is Cn1c(C(F)(F)F)nn(CC(=O)Nc2ccc3c(c2)OCO3)c1=O. The summed E-state index contributed by atoms with van der Waals surface area (Å²) in [5, 5.41) is 5.61. The van der Waals surface area contributed by atoms with Gasteiger partial charge in [0, 0.05) is 18.8 Å². The number of amides is 1. The summed E-state index contributed by atoms with van der Waals surface area (Å²) in [6.07, 6.45) is -4.78. The standard InChI is InChI=1S/C13H11F3N4O4/c1-19-11(13(14,15)16)18-20(12(19)22)5-10(21)17-7-2-3-8-9(4-7)24-6-23-8/h2-4H,5-6H2,1H3,(H,17,21). The molecule has 0 spiro atoms. The first-order valence-corrected chi connectivity index (χ1v) is 6.66. The normalized spacial score (nSPS) is 13.2. The van der Waals surface area contributed by atoms with Crippen LogP contribution in [0, 0.1) is 0 Å². The van der Waals surface area contributed by atoms with Gasteiger partial charge in [0.25, 0.3) is 0 Å². The summed E-state index contributed by atoms with van der Waals surface area (Å²) in [6.45, 7) is -0.590. The molecule has 1 N–H and O–H groups in total. The number of alkyl halides is 3. The molecule has 1 amide bonds. The number of anilines is 1. The van der Waals surface area contributed by atoms with Crippen LogP contribution in [0.3, 0.4) is 0 Å². The van der Waals surface area contributed by atoms with Crippen LogP contribution >= 0.6 is 0 Å². The number of aromatic nitrogens is 3. The molecule has 3 rings (SSSR count). The molecule has 0 unspecified atom stereocenters. The summed E-state index contributed by atoms with van der Waals surface area (Å²) in [5.41, 5.74) is -0.688. The van der Waals surface area contributed by atoms with Crippen LogP contribution in [0.4, 0.5) is 18.9 Å². The van der Waals surface area contributed by atoms with Gasteiger partial charge in [0.15, 0.2) is 11.5 Å². The summed E-state index contributed by atoms with van der Waals surface area (Å²) in [7, 11) is 0.935. The molecular weight excluding hydrogens is 333 g/mol. The predicted molar refractivity (Wildman–Crippen MR) is 73.7 cm³/mol. The first-order chi connectivity index (χ1) is 11.3. The molecule has 1 aliphatic rings. The van der Waals surface area contributed by atoms with Crippen molar-refractivity contribution in [1.82, 2.24) is 14.3 Å². The number of nitrogens with zero attached hydrogens (tertiary/aromatic N) is 3. The molecule has 0 atom stereocenters. The van der Waals surface area contributed by atoms with Gasteiger partial charge in [-0.1, -0.05) is 0 Å². The van der Waals surface area contributed by atoms with Crippen molar-refractivity contribution in [3.05, 3.63) is 34.5 Å². The van der Waals surface area contributed by atoms with E-state index in [9.17, 15) is 22.8 Å². The van der Waals surface area contributed by atoms with Crippen LogP contribution in [-0.4, -0.2) is 27.0 Å². The van der Waals surface area contributed by atoms with E-state index in [1.165, 1.54) is 12.1 Å². The summed E-state index contributed by atoms with van der Waals surface area (Å²) >= 11 is 0. The molecule has 1 aromatic heterocycles. The Hall–Kier alpha value is -2.98. The maximum atomic E-state index is 12.7. The Labute approximate surface area is 132 Å². The number of benzene rings is 1. The number of hydrogen-bond donors (Lipinski definition) is 1. The summed E-state index contributed by atoms with van der Waals surface area (Å²) < 4.78 is 49.1. The second-order valence-electron chi connectivity index (χ2n) is 4.94. The number of hydrogen-bond acceptors (Lipinski definition) is 5. The fourth-order valence-corrected chi connectivity index (χ4v) is 2.15. The number of rotatable bonds is 3. The number of ether oxygens (including phenoxy) is 2. The first-order valence-electron chi connectivity index (χ1n) is 6.66. The number of halogens is 3. The van der Waals surface area contributed by atoms with Crippen molar-refractivity contribution in [3.8, 4) is 11.5 Å². The van der Waals surface area contributed by atoms with Gasteiger partial charge < -0.3 is 14.8 Å². The van der Waals surface area contributed by atoms with E-state index >= 15 is 0 Å². The minimum Gasteiger partial charge on any atom is -0.454 e. The van der Waals surface area contributed by atoms with Crippen molar-refractivity contribution in [2.45, 2.75) is 12.7 Å². The molecule has 2 aromatic rings. The van der Waals surface area contributed by atoms with Gasteiger partial charge in [-0.3, -0.25) is 9.36 Å². The second kappa shape index (κ2) is 5.58. The Morgan fingerprint density at radius 2 is 2.04 bits per heavy atom. The van der Waals surface area contributed by atoms with Gasteiger partial charge in [-0.15, -0.1) is 5.10 Å². The maximum absolute atomic E-state index is 12.7. The Kier molecular flexibility index (Phi) is 3.70. The summed E-state index contributed by atoms with van der Waals surface area (Å²) in [5.74, 6) is -1.13. The zero-order valence-electron chi connectivity index (χ0n) is 12.3. The molecule has 128 valence electrons. The van der Waals surface area contributed by atoms with Crippen LogP contribution < -0.4 is 20.5 Å². The third kappa shape index (κ3) is 2.92. The third-order valence-electron chi connectivity index (χ3n) is 3.24. The molecule has 2 heterocycles. The Morgan fingerprint density at radius 3 is 2.71 bits per heavy atom. The van der Waals surface area contributed by atoms with Gasteiger partial charge in [-0.05, 0) is 12.1 Å². The number of nitrogens with one attached hydrogen (secondary N) is 1. The zero-order valence-corrected chi connectivity index (χ0v) is 12.3. The van der Waals surface area contributed by atoms with Crippen molar-refractivity contribution >= 4 is 11.6 Å². The first kappa shape index (κ1) is 15.9. The van der Waals surface area contributed by atoms with E-state index < -0.39 is 30.1 Å². The fourth-order valence-electron chi connectivity index (χ4n) is 2.15. The van der Waals surface area contributed by atoms with Crippen LogP contribution in [0.1, 0.15) is 5.82 Å². The van der Waals surface area contributed by atoms with Crippen LogP contribution in [0.5, 0.6) is 11.5 Å². The monoisotopic (exact) mass is 344 g/mol. The van der Waals surface area contributed by atoms with Crippen molar-refractivity contribution in [1.29, 1.82) is 0 Å². The predicted octanol–water partition coefficient (Wildman–Crippen LogP) is 0.968. The Balaban J connectivity index is 1.75. The molecule has 11 heteroatoms. The largest absolute Gasteiger partial charge is 0.454 e. The van der Waals surface area contributed by atoms with E-state index in [0.717, 1.165) is 7.05 Å². The number of carbonyl (C=O) groups is 1. The molecule has 24 heavy (non-hydrogen) atoms. The fraction of sp³-hybridized carbons (Fsp3) is 0.308. The van der Waals surface area contributed by atoms with E-state index in [1.54, 1.807) is 6.07 Å². The van der Waals surface area contributed by atoms with Gasteiger partial charge in [-0.25, -0.2) is 9.48 Å². The van der Waals surface area contributed by atoms with Crippen molar-refractivity contribution in [2.75, 3.05) is 12.1 Å². The minimum absolute atomic E-state index is 0.0658. The highest BCUT2D eigenvalue weighted by Crippen LogP contribution is 2.34. The molecular formula is C13H11F3N4O4. The lowest BCUT2D eigenvalue weighted by Crippen LogP contribution is -2.29. The van der Waals surface area contributed by atoms with Crippen LogP contribution in [0.15, 0.2) is 23.0 Å². The van der Waals surface area contributed by atoms with E-state index in [0.29, 0.717) is 26.4 Å². The van der Waals surface area contributed by atoms with Gasteiger partial charge in [0.1, 0.15) is 6.54 Å². The quantitative estimate of drug-likeness (QED) is 0.896. The number of carbonyl (C=O) groups excluding carboxylic acids is 1. The minimum atomic E-state index is -4.78. The highest BCUT2D eigenvalue weighted by Gasteiger charge is 2.38. The average molecular weight is 344 g/mol. The summed E-state index contributed by atoms with van der Waals surface area (Å²) in [6, 6.07) is 4.61. The lowest BCUT2D eigenvalue weighted by Gasteiger charge is -2.05. The molecule has 1 aromatic carbocycles. The Morgan fingerprint density at radius 1 is 1.33 bits per heavy atom. The molecule has 0 bridgehead atoms. The molecule has 0 saturated heterocycles. The smallest absolute Gasteiger partial charge is 0.451 e. The lowest BCUT2D eigenvalue weighted by atomic mass is 10.3. The molecule has 0 aliphatic carbocycles. The molecule has 8 nitrogen and oxygen atoms in total. The van der Waals surface area contributed by atoms with E-state index in [-0.39, 0.29) is 6.79 Å². The molecule has 1 aliphatic heterocycles. The zero-order chi connectivity index (χ0) is 17.5. The van der Waals surface area contributed by atoms with Crippen molar-refractivity contribution in [3.63, 3.8) is 0 Å². The van der Waals surface area contributed by atoms with E-state index in [1.807, 2.05) is 0 Å². The molecule has 0 fully saturated rings. The van der Waals surface area contributed by atoms with Crippen LogP contribution in [0.25, 0.3) is 0 Å². The number of fused-ring (bicyclic) bond motifs is 1. The second-order valence-corrected chi connectivity index (χ2v) is 4.94. The summed E-state index contributed by atoms with van der Waals surface area (Å²) in [4.78, 5) is 23.7. The third-order valence-corrected chi connectivity index (χ3v) is 3.24. The van der Waals surface area contributed by atoms with Crippen molar-refractivity contribution < 1.29 is 27.4 Å². The topological polar surface area (TPSA) is 87.4 Å². The average Bonchev–Trinajstić information content (AvgIpc) is 3.06. The van der Waals surface area contributed by atoms with Crippen LogP contribution in [-0.2, 0) is 24.6 Å². The lowest BCUT2D eigenvalue weighted by molar-refractivity contribution is -0.147.